The lowest BCUT2D eigenvalue weighted by Crippen LogP contribution is -2.44. The van der Waals surface area contributed by atoms with E-state index in [1.165, 1.54) is 6.07 Å². The summed E-state index contributed by atoms with van der Waals surface area (Å²) in [6, 6.07) is 19.1. The van der Waals surface area contributed by atoms with Crippen molar-refractivity contribution in [1.82, 2.24) is 14.8 Å². The highest BCUT2D eigenvalue weighted by Crippen LogP contribution is 2.35. The van der Waals surface area contributed by atoms with Crippen molar-refractivity contribution in [2.24, 2.45) is 0 Å². The Kier molecular flexibility index (Phi) is 7.19. The van der Waals surface area contributed by atoms with Gasteiger partial charge in [0.2, 0.25) is 0 Å². The van der Waals surface area contributed by atoms with Crippen molar-refractivity contribution in [1.29, 1.82) is 0 Å². The predicted molar refractivity (Wildman–Crippen MR) is 144 cm³/mol. The third kappa shape index (κ3) is 5.71. The molecule has 38 heavy (non-hydrogen) atoms. The van der Waals surface area contributed by atoms with E-state index in [4.69, 9.17) is 0 Å². The van der Waals surface area contributed by atoms with Crippen LogP contribution in [0.15, 0.2) is 72.9 Å². The second-order valence-corrected chi connectivity index (χ2v) is 9.84. The minimum atomic E-state index is -4.52. The minimum Gasteiger partial charge on any atom is -0.322 e. The Labute approximate surface area is 219 Å². The van der Waals surface area contributed by atoms with Crippen LogP contribution in [0, 0.1) is 6.92 Å². The van der Waals surface area contributed by atoms with Gasteiger partial charge in [-0.3, -0.25) is 14.7 Å². The number of hydrogen-bond donors (Lipinski definition) is 1. The molecular weight excluding hydrogens is 489 g/mol. The average Bonchev–Trinajstić information content (AvgIpc) is 2.90. The first kappa shape index (κ1) is 25.9. The van der Waals surface area contributed by atoms with Crippen molar-refractivity contribution in [2.75, 3.05) is 38.5 Å². The Balaban J connectivity index is 1.38. The summed E-state index contributed by atoms with van der Waals surface area (Å²) in [4.78, 5) is 21.7. The molecule has 0 radical (unpaired) electrons. The molecule has 1 saturated heterocycles. The maximum Gasteiger partial charge on any atom is 0.416 e. The zero-order valence-electron chi connectivity index (χ0n) is 21.3. The van der Waals surface area contributed by atoms with Crippen molar-refractivity contribution in [3.05, 3.63) is 95.2 Å². The summed E-state index contributed by atoms with van der Waals surface area (Å²) in [5, 5.41) is 3.68. The average molecular weight is 519 g/mol. The minimum absolute atomic E-state index is 0.112. The van der Waals surface area contributed by atoms with Crippen LogP contribution in [0.1, 0.15) is 27.0 Å². The molecule has 0 atom stereocenters. The van der Waals surface area contributed by atoms with Gasteiger partial charge in [0.25, 0.3) is 5.91 Å². The molecule has 4 aromatic rings. The molecule has 0 unspecified atom stereocenters. The van der Waals surface area contributed by atoms with Crippen LogP contribution in [0.25, 0.3) is 22.0 Å². The molecule has 0 saturated carbocycles. The fraction of sp³-hybridized carbons (Fsp3) is 0.267. The SMILES string of the molecule is Cc1ccc(C(=O)Nc2ccc(CN3CCN(C)CC3)c(C(F)(F)F)c2)cc1-c1ccc2cccnc2c1. The van der Waals surface area contributed by atoms with Crippen LogP contribution in [0.4, 0.5) is 18.9 Å². The van der Waals surface area contributed by atoms with Crippen LogP contribution in [-0.4, -0.2) is 53.9 Å². The Morgan fingerprint density at radius 2 is 1.76 bits per heavy atom. The molecule has 1 aliphatic rings. The Morgan fingerprint density at radius 1 is 0.974 bits per heavy atom. The summed E-state index contributed by atoms with van der Waals surface area (Å²) >= 11 is 0. The van der Waals surface area contributed by atoms with Crippen LogP contribution in [0.2, 0.25) is 0 Å². The van der Waals surface area contributed by atoms with E-state index in [1.807, 2.05) is 55.3 Å². The summed E-state index contributed by atoms with van der Waals surface area (Å²) in [6.45, 7) is 5.26. The van der Waals surface area contributed by atoms with Crippen LogP contribution in [-0.2, 0) is 12.7 Å². The van der Waals surface area contributed by atoms with E-state index in [0.717, 1.165) is 59.8 Å². The maximum absolute atomic E-state index is 14.0. The van der Waals surface area contributed by atoms with E-state index in [1.54, 1.807) is 24.4 Å². The number of carbonyl (C=O) groups is 1. The zero-order valence-corrected chi connectivity index (χ0v) is 21.3. The molecule has 3 aromatic carbocycles. The van der Waals surface area contributed by atoms with Crippen LogP contribution < -0.4 is 5.32 Å². The van der Waals surface area contributed by atoms with E-state index < -0.39 is 17.6 Å². The number of fused-ring (bicyclic) bond motifs is 1. The van der Waals surface area contributed by atoms with Gasteiger partial charge in [0.1, 0.15) is 0 Å². The van der Waals surface area contributed by atoms with Gasteiger partial charge >= 0.3 is 6.18 Å². The van der Waals surface area contributed by atoms with Gasteiger partial charge in [0.15, 0.2) is 0 Å². The van der Waals surface area contributed by atoms with E-state index in [-0.39, 0.29) is 17.8 Å². The number of carbonyl (C=O) groups excluding carboxylic acids is 1. The van der Waals surface area contributed by atoms with Crippen molar-refractivity contribution < 1.29 is 18.0 Å². The van der Waals surface area contributed by atoms with Crippen LogP contribution >= 0.6 is 0 Å². The van der Waals surface area contributed by atoms with E-state index in [2.05, 4.69) is 15.2 Å². The van der Waals surface area contributed by atoms with Crippen molar-refractivity contribution in [3.8, 4) is 11.1 Å². The first-order valence-electron chi connectivity index (χ1n) is 12.6. The first-order valence-corrected chi connectivity index (χ1v) is 12.6. The number of hydrogen-bond acceptors (Lipinski definition) is 4. The summed E-state index contributed by atoms with van der Waals surface area (Å²) in [5.74, 6) is -0.467. The molecule has 2 heterocycles. The number of piperazine rings is 1. The predicted octanol–water partition coefficient (Wildman–Crippen LogP) is 6.23. The number of halogens is 3. The van der Waals surface area contributed by atoms with E-state index in [0.29, 0.717) is 5.56 Å². The molecule has 0 spiro atoms. The zero-order chi connectivity index (χ0) is 26.9. The van der Waals surface area contributed by atoms with Gasteiger partial charge in [0.05, 0.1) is 11.1 Å². The molecule has 5 nitrogen and oxygen atoms in total. The number of likely N-dealkylation sites (N-methyl/N-ethyl adjacent to an activating group) is 1. The molecule has 0 aliphatic carbocycles. The number of pyridine rings is 1. The Hall–Kier alpha value is -3.75. The quantitative estimate of drug-likeness (QED) is 0.340. The smallest absolute Gasteiger partial charge is 0.322 e. The molecule has 1 aromatic heterocycles. The second kappa shape index (κ2) is 10.6. The van der Waals surface area contributed by atoms with Gasteiger partial charge in [-0.2, -0.15) is 13.2 Å². The number of anilines is 1. The number of benzene rings is 3. The molecule has 1 amide bonds. The highest BCUT2D eigenvalue weighted by Gasteiger charge is 2.34. The molecule has 1 N–H and O–H groups in total. The molecule has 0 bridgehead atoms. The standard InChI is InChI=1S/C30H29F3N4O/c1-20-5-6-23(16-26(20)22-8-7-21-4-3-11-34-28(21)17-22)29(38)35-25-10-9-24(27(18-25)30(31,32)33)19-37-14-12-36(2)13-15-37/h3-11,16-18H,12-15,19H2,1-2H3,(H,35,38). The summed E-state index contributed by atoms with van der Waals surface area (Å²) in [7, 11) is 2.01. The van der Waals surface area contributed by atoms with Crippen LogP contribution in [0.5, 0.6) is 0 Å². The fourth-order valence-electron chi connectivity index (χ4n) is 4.81. The number of alkyl halides is 3. The first-order chi connectivity index (χ1) is 18.2. The van der Waals surface area contributed by atoms with Gasteiger partial charge < -0.3 is 10.2 Å². The summed E-state index contributed by atoms with van der Waals surface area (Å²) in [5.41, 5.74) is 3.56. The number of amides is 1. The van der Waals surface area contributed by atoms with Gasteiger partial charge in [-0.25, -0.2) is 0 Å². The highest BCUT2D eigenvalue weighted by atomic mass is 19.4. The number of nitrogens with zero attached hydrogens (tertiary/aromatic N) is 3. The molecular formula is C30H29F3N4O. The van der Waals surface area contributed by atoms with Crippen molar-refractivity contribution in [3.63, 3.8) is 0 Å². The molecule has 8 heteroatoms. The van der Waals surface area contributed by atoms with E-state index >= 15 is 0 Å². The van der Waals surface area contributed by atoms with Crippen molar-refractivity contribution >= 4 is 22.5 Å². The van der Waals surface area contributed by atoms with Crippen molar-refractivity contribution in [2.45, 2.75) is 19.6 Å². The third-order valence-electron chi connectivity index (χ3n) is 7.08. The molecule has 1 fully saturated rings. The lowest BCUT2D eigenvalue weighted by molar-refractivity contribution is -0.138. The number of nitrogens with one attached hydrogen (secondary N) is 1. The Bertz CT molecular complexity index is 1480. The second-order valence-electron chi connectivity index (χ2n) is 9.84. The molecule has 1 aliphatic heterocycles. The normalized spacial score (nSPS) is 15.1. The summed E-state index contributed by atoms with van der Waals surface area (Å²) in [6.07, 6.45) is -2.79. The number of rotatable bonds is 5. The monoisotopic (exact) mass is 518 g/mol. The van der Waals surface area contributed by atoms with E-state index in [9.17, 15) is 18.0 Å². The fourth-order valence-corrected chi connectivity index (χ4v) is 4.81. The molecule has 196 valence electrons. The highest BCUT2D eigenvalue weighted by molar-refractivity contribution is 6.05. The lowest BCUT2D eigenvalue weighted by atomic mass is 9.96. The largest absolute Gasteiger partial charge is 0.416 e. The number of aryl methyl sites for hydroxylation is 1. The van der Waals surface area contributed by atoms with Gasteiger partial charge in [-0.15, -0.1) is 0 Å². The topological polar surface area (TPSA) is 48.5 Å². The Morgan fingerprint density at radius 3 is 2.53 bits per heavy atom. The maximum atomic E-state index is 14.0. The van der Waals surface area contributed by atoms with Crippen LogP contribution in [0.3, 0.4) is 0 Å². The summed E-state index contributed by atoms with van der Waals surface area (Å²) < 4.78 is 41.9. The third-order valence-corrected chi connectivity index (χ3v) is 7.08. The van der Waals surface area contributed by atoms with Gasteiger partial charge in [-0.1, -0.05) is 30.3 Å². The number of aromatic nitrogens is 1. The lowest BCUT2D eigenvalue weighted by Gasteiger charge is -2.33. The molecule has 5 rings (SSSR count). The van der Waals surface area contributed by atoms with Gasteiger partial charge in [0, 0.05) is 55.6 Å². The van der Waals surface area contributed by atoms with Gasteiger partial charge in [-0.05, 0) is 72.6 Å².